The SMILES string of the molecule is CCCNC(CSC(C)CCO)C(=O)OC. The van der Waals surface area contributed by atoms with Crippen molar-refractivity contribution in [3.8, 4) is 0 Å². The summed E-state index contributed by atoms with van der Waals surface area (Å²) in [5.41, 5.74) is 0. The lowest BCUT2D eigenvalue weighted by Crippen LogP contribution is -2.40. The zero-order chi connectivity index (χ0) is 12.4. The molecule has 0 heterocycles. The first kappa shape index (κ1) is 15.7. The molecule has 0 aliphatic heterocycles. The molecule has 0 aromatic heterocycles. The van der Waals surface area contributed by atoms with Crippen molar-refractivity contribution >= 4 is 17.7 Å². The van der Waals surface area contributed by atoms with E-state index in [4.69, 9.17) is 9.84 Å². The molecular weight excluding hydrogens is 226 g/mol. The second-order valence-corrected chi connectivity index (χ2v) is 5.16. The highest BCUT2D eigenvalue weighted by atomic mass is 32.2. The summed E-state index contributed by atoms with van der Waals surface area (Å²) in [5.74, 6) is 0.477. The van der Waals surface area contributed by atoms with Gasteiger partial charge in [-0.1, -0.05) is 13.8 Å². The number of aliphatic hydroxyl groups is 1. The third-order valence-electron chi connectivity index (χ3n) is 2.21. The van der Waals surface area contributed by atoms with Crippen molar-refractivity contribution in [3.05, 3.63) is 0 Å². The first-order valence-corrected chi connectivity index (χ1v) is 6.74. The van der Waals surface area contributed by atoms with Crippen LogP contribution in [0.25, 0.3) is 0 Å². The van der Waals surface area contributed by atoms with Crippen LogP contribution in [0.3, 0.4) is 0 Å². The van der Waals surface area contributed by atoms with Gasteiger partial charge in [-0.2, -0.15) is 11.8 Å². The van der Waals surface area contributed by atoms with E-state index in [1.165, 1.54) is 7.11 Å². The Labute approximate surface area is 102 Å². The molecule has 2 N–H and O–H groups in total. The van der Waals surface area contributed by atoms with E-state index in [2.05, 4.69) is 19.2 Å². The highest BCUT2D eigenvalue weighted by molar-refractivity contribution is 7.99. The molecule has 2 atom stereocenters. The van der Waals surface area contributed by atoms with Crippen LogP contribution in [0.15, 0.2) is 0 Å². The Morgan fingerprint density at radius 2 is 2.25 bits per heavy atom. The molecule has 5 heteroatoms. The lowest BCUT2D eigenvalue weighted by Gasteiger charge is -2.17. The van der Waals surface area contributed by atoms with Crippen molar-refractivity contribution in [1.82, 2.24) is 5.32 Å². The molecule has 2 unspecified atom stereocenters. The van der Waals surface area contributed by atoms with Crippen molar-refractivity contribution in [3.63, 3.8) is 0 Å². The summed E-state index contributed by atoms with van der Waals surface area (Å²) in [6, 6.07) is -0.240. The fourth-order valence-corrected chi connectivity index (χ4v) is 2.24. The summed E-state index contributed by atoms with van der Waals surface area (Å²) < 4.78 is 4.74. The van der Waals surface area contributed by atoms with Gasteiger partial charge < -0.3 is 15.2 Å². The number of methoxy groups -OCH3 is 1. The Morgan fingerprint density at radius 3 is 2.75 bits per heavy atom. The first-order chi connectivity index (χ1) is 7.65. The van der Waals surface area contributed by atoms with Crippen LogP contribution in [0.4, 0.5) is 0 Å². The molecule has 0 fully saturated rings. The topological polar surface area (TPSA) is 58.6 Å². The Kier molecular flexibility index (Phi) is 9.77. The Bertz CT molecular complexity index is 190. The van der Waals surface area contributed by atoms with Gasteiger partial charge in [-0.05, 0) is 19.4 Å². The maximum absolute atomic E-state index is 11.4. The highest BCUT2D eigenvalue weighted by Crippen LogP contribution is 2.15. The predicted molar refractivity (Wildman–Crippen MR) is 67.7 cm³/mol. The minimum absolute atomic E-state index is 0.194. The molecule has 4 nitrogen and oxygen atoms in total. The standard InChI is InChI=1S/C11H23NO3S/c1-4-6-12-10(11(14)15-3)8-16-9(2)5-7-13/h9-10,12-13H,4-8H2,1-3H3. The maximum atomic E-state index is 11.4. The zero-order valence-corrected chi connectivity index (χ0v) is 11.2. The van der Waals surface area contributed by atoms with Crippen molar-refractivity contribution in [2.75, 3.05) is 26.0 Å². The monoisotopic (exact) mass is 249 g/mol. The van der Waals surface area contributed by atoms with Crippen LogP contribution in [-0.4, -0.2) is 48.4 Å². The molecule has 0 spiro atoms. The van der Waals surface area contributed by atoms with E-state index in [0.717, 1.165) is 19.4 Å². The normalized spacial score (nSPS) is 14.5. The lowest BCUT2D eigenvalue weighted by atomic mass is 10.3. The summed E-state index contributed by atoms with van der Waals surface area (Å²) in [5, 5.41) is 12.3. The van der Waals surface area contributed by atoms with Crippen LogP contribution >= 0.6 is 11.8 Å². The molecular formula is C11H23NO3S. The summed E-state index contributed by atoms with van der Waals surface area (Å²) in [6.07, 6.45) is 1.75. The van der Waals surface area contributed by atoms with Gasteiger partial charge in [-0.25, -0.2) is 0 Å². The molecule has 0 bridgehead atoms. The first-order valence-electron chi connectivity index (χ1n) is 5.69. The molecule has 0 saturated carbocycles. The molecule has 0 rings (SSSR count). The number of thioether (sulfide) groups is 1. The third kappa shape index (κ3) is 7.09. The van der Waals surface area contributed by atoms with Gasteiger partial charge in [0.15, 0.2) is 0 Å². The number of hydrogen-bond donors (Lipinski definition) is 2. The van der Waals surface area contributed by atoms with E-state index in [-0.39, 0.29) is 18.6 Å². The number of ether oxygens (including phenoxy) is 1. The summed E-state index contributed by atoms with van der Waals surface area (Å²) in [4.78, 5) is 11.4. The molecule has 0 aromatic carbocycles. The van der Waals surface area contributed by atoms with Gasteiger partial charge in [0.1, 0.15) is 6.04 Å². The number of nitrogens with one attached hydrogen (secondary N) is 1. The summed E-state index contributed by atoms with van der Waals surface area (Å²) >= 11 is 1.68. The van der Waals surface area contributed by atoms with E-state index in [1.807, 2.05) is 0 Å². The van der Waals surface area contributed by atoms with Gasteiger partial charge in [0, 0.05) is 17.6 Å². The zero-order valence-electron chi connectivity index (χ0n) is 10.4. The van der Waals surface area contributed by atoms with Gasteiger partial charge in [0.2, 0.25) is 0 Å². The fourth-order valence-electron chi connectivity index (χ4n) is 1.20. The van der Waals surface area contributed by atoms with E-state index < -0.39 is 0 Å². The predicted octanol–water partition coefficient (Wildman–Crippen LogP) is 1.03. The minimum atomic E-state index is -0.240. The minimum Gasteiger partial charge on any atom is -0.468 e. The largest absolute Gasteiger partial charge is 0.468 e. The molecule has 0 aromatic rings. The third-order valence-corrected chi connectivity index (χ3v) is 3.54. The number of carbonyl (C=O) groups is 1. The summed E-state index contributed by atoms with van der Waals surface area (Å²) in [7, 11) is 1.41. The van der Waals surface area contributed by atoms with Crippen molar-refractivity contribution in [1.29, 1.82) is 0 Å². The molecule has 0 aliphatic rings. The molecule has 0 aliphatic carbocycles. The maximum Gasteiger partial charge on any atom is 0.323 e. The Balaban J connectivity index is 3.95. The van der Waals surface area contributed by atoms with Crippen molar-refractivity contribution in [2.45, 2.75) is 38.0 Å². The van der Waals surface area contributed by atoms with Gasteiger partial charge in [-0.15, -0.1) is 0 Å². The second-order valence-electron chi connectivity index (χ2n) is 3.69. The van der Waals surface area contributed by atoms with Crippen LogP contribution < -0.4 is 5.32 Å². The average Bonchev–Trinajstić information content (AvgIpc) is 2.28. The number of carbonyl (C=O) groups excluding carboxylic acids is 1. The molecule has 0 amide bonds. The van der Waals surface area contributed by atoms with Crippen molar-refractivity contribution < 1.29 is 14.6 Å². The Hall–Kier alpha value is -0.260. The van der Waals surface area contributed by atoms with Gasteiger partial charge >= 0.3 is 5.97 Å². The number of hydrogen-bond acceptors (Lipinski definition) is 5. The summed E-state index contributed by atoms with van der Waals surface area (Å²) in [6.45, 7) is 5.12. The van der Waals surface area contributed by atoms with Gasteiger partial charge in [0.05, 0.1) is 7.11 Å². The smallest absolute Gasteiger partial charge is 0.323 e. The van der Waals surface area contributed by atoms with Gasteiger partial charge in [0.25, 0.3) is 0 Å². The van der Waals surface area contributed by atoms with Crippen molar-refractivity contribution in [2.24, 2.45) is 0 Å². The second kappa shape index (κ2) is 9.93. The molecule has 16 heavy (non-hydrogen) atoms. The number of esters is 1. The quantitative estimate of drug-likeness (QED) is 0.598. The fraction of sp³-hybridized carbons (Fsp3) is 0.909. The highest BCUT2D eigenvalue weighted by Gasteiger charge is 2.19. The van der Waals surface area contributed by atoms with E-state index >= 15 is 0 Å². The molecule has 96 valence electrons. The van der Waals surface area contributed by atoms with Crippen LogP contribution in [0.5, 0.6) is 0 Å². The number of rotatable bonds is 9. The lowest BCUT2D eigenvalue weighted by molar-refractivity contribution is -0.142. The molecule has 0 radical (unpaired) electrons. The van der Waals surface area contributed by atoms with Crippen LogP contribution in [-0.2, 0) is 9.53 Å². The number of aliphatic hydroxyl groups excluding tert-OH is 1. The van der Waals surface area contributed by atoms with Crippen LogP contribution in [0.2, 0.25) is 0 Å². The van der Waals surface area contributed by atoms with Crippen LogP contribution in [0.1, 0.15) is 26.7 Å². The van der Waals surface area contributed by atoms with Crippen LogP contribution in [0, 0.1) is 0 Å². The average molecular weight is 249 g/mol. The van der Waals surface area contributed by atoms with Gasteiger partial charge in [-0.3, -0.25) is 4.79 Å². The van der Waals surface area contributed by atoms with E-state index in [1.54, 1.807) is 11.8 Å². The van der Waals surface area contributed by atoms with E-state index in [9.17, 15) is 4.79 Å². The van der Waals surface area contributed by atoms with E-state index in [0.29, 0.717) is 11.0 Å². The Morgan fingerprint density at radius 1 is 1.56 bits per heavy atom. The molecule has 0 saturated heterocycles.